The Morgan fingerprint density at radius 2 is 1.55 bits per heavy atom. The smallest absolute Gasteiger partial charge is 0.367 e. The van der Waals surface area contributed by atoms with E-state index in [0.717, 1.165) is 30.8 Å². The highest BCUT2D eigenvalue weighted by Crippen LogP contribution is 2.31. The molecular weight excluding hydrogens is 517 g/mol. The molecule has 3 aromatic carbocycles. The molecular formula is C27H29F3N4O3S. The molecule has 1 heterocycles. The average molecular weight is 547 g/mol. The fraction of sp³-hybridized carbons (Fsp3) is 0.296. The van der Waals surface area contributed by atoms with Crippen LogP contribution in [-0.4, -0.2) is 52.5 Å². The van der Waals surface area contributed by atoms with Gasteiger partial charge in [-0.25, -0.2) is 8.42 Å². The Balaban J connectivity index is 1.57. The molecule has 1 fully saturated rings. The van der Waals surface area contributed by atoms with Gasteiger partial charge in [-0.05, 0) is 62.0 Å². The highest BCUT2D eigenvalue weighted by atomic mass is 32.2. The first kappa shape index (κ1) is 27.5. The number of nitrogens with one attached hydrogen (secondary N) is 2. The fourth-order valence-electron chi connectivity index (χ4n) is 4.10. The van der Waals surface area contributed by atoms with Crippen molar-refractivity contribution in [2.24, 2.45) is 0 Å². The minimum atomic E-state index is -4.43. The standard InChI is InChI=1S/C27H29F3N4O3S/c1-19-3-10-23(11-4-19)38(36,37)32-24-17-21(7-12-25(24)34-15-13-33(2)14-16-34)26(35)31-18-20-5-8-22(9-6-20)27(28,29)30/h3-12,17,32H,13-16,18H2,1-2H3,(H,31,35). The number of halogens is 3. The molecule has 202 valence electrons. The van der Waals surface area contributed by atoms with Gasteiger partial charge in [0.25, 0.3) is 15.9 Å². The van der Waals surface area contributed by atoms with Crippen molar-refractivity contribution in [2.45, 2.75) is 24.5 Å². The highest BCUT2D eigenvalue weighted by Gasteiger charge is 2.30. The monoisotopic (exact) mass is 546 g/mol. The largest absolute Gasteiger partial charge is 0.416 e. The van der Waals surface area contributed by atoms with E-state index in [1.54, 1.807) is 24.3 Å². The zero-order chi connectivity index (χ0) is 27.5. The lowest BCUT2D eigenvalue weighted by Crippen LogP contribution is -2.44. The summed E-state index contributed by atoms with van der Waals surface area (Å²) in [7, 11) is -1.91. The molecule has 1 aliphatic heterocycles. The summed E-state index contributed by atoms with van der Waals surface area (Å²) in [5.41, 5.74) is 1.81. The van der Waals surface area contributed by atoms with Gasteiger partial charge >= 0.3 is 6.18 Å². The van der Waals surface area contributed by atoms with E-state index in [1.165, 1.54) is 30.3 Å². The van der Waals surface area contributed by atoms with Crippen molar-refractivity contribution in [1.29, 1.82) is 0 Å². The summed E-state index contributed by atoms with van der Waals surface area (Å²) in [5, 5.41) is 2.69. The highest BCUT2D eigenvalue weighted by molar-refractivity contribution is 7.92. The maximum Gasteiger partial charge on any atom is 0.416 e. The normalized spacial score (nSPS) is 14.8. The summed E-state index contributed by atoms with van der Waals surface area (Å²) in [4.78, 5) is 17.3. The Labute approximate surface area is 220 Å². The number of sulfonamides is 1. The van der Waals surface area contributed by atoms with Gasteiger partial charge in [-0.1, -0.05) is 29.8 Å². The molecule has 0 spiro atoms. The van der Waals surface area contributed by atoms with Gasteiger partial charge in [0.05, 0.1) is 21.8 Å². The van der Waals surface area contributed by atoms with Gasteiger partial charge in [0.1, 0.15) is 0 Å². The quantitative estimate of drug-likeness (QED) is 0.456. The van der Waals surface area contributed by atoms with E-state index in [-0.39, 0.29) is 22.7 Å². The minimum absolute atomic E-state index is 0.0155. The Bertz CT molecular complexity index is 1380. The zero-order valence-electron chi connectivity index (χ0n) is 21.0. The van der Waals surface area contributed by atoms with Crippen LogP contribution in [0.3, 0.4) is 0 Å². The molecule has 38 heavy (non-hydrogen) atoms. The van der Waals surface area contributed by atoms with Crippen LogP contribution in [0, 0.1) is 6.92 Å². The maximum atomic E-state index is 13.2. The summed E-state index contributed by atoms with van der Waals surface area (Å²) in [6.45, 7) is 4.87. The predicted octanol–water partition coefficient (Wildman–Crippen LogP) is 4.50. The van der Waals surface area contributed by atoms with Crippen LogP contribution in [0.25, 0.3) is 0 Å². The number of rotatable bonds is 7. The van der Waals surface area contributed by atoms with Gasteiger partial charge in [0.2, 0.25) is 0 Å². The summed E-state index contributed by atoms with van der Waals surface area (Å²) < 4.78 is 67.4. The number of amides is 1. The Morgan fingerprint density at radius 3 is 2.16 bits per heavy atom. The number of benzene rings is 3. The van der Waals surface area contributed by atoms with Crippen LogP contribution in [0.1, 0.15) is 27.0 Å². The molecule has 0 bridgehead atoms. The SMILES string of the molecule is Cc1ccc(S(=O)(=O)Nc2cc(C(=O)NCc3ccc(C(F)(F)F)cc3)ccc2N2CCN(C)CC2)cc1. The number of nitrogens with zero attached hydrogens (tertiary/aromatic N) is 2. The van der Waals surface area contributed by atoms with Crippen LogP contribution in [0.5, 0.6) is 0 Å². The van der Waals surface area contributed by atoms with Crippen LogP contribution in [0.2, 0.25) is 0 Å². The predicted molar refractivity (Wildman–Crippen MR) is 141 cm³/mol. The van der Waals surface area contributed by atoms with Gasteiger partial charge in [0, 0.05) is 38.3 Å². The number of anilines is 2. The number of likely N-dealkylation sites (N-methyl/N-ethyl adjacent to an activating group) is 1. The second-order valence-electron chi connectivity index (χ2n) is 9.32. The third-order valence-electron chi connectivity index (χ3n) is 6.41. The van der Waals surface area contributed by atoms with Gasteiger partial charge in [-0.15, -0.1) is 0 Å². The van der Waals surface area contributed by atoms with Gasteiger partial charge in [0.15, 0.2) is 0 Å². The fourth-order valence-corrected chi connectivity index (χ4v) is 5.16. The Hall–Kier alpha value is -3.57. The van der Waals surface area contributed by atoms with Crippen molar-refractivity contribution in [3.63, 3.8) is 0 Å². The van der Waals surface area contributed by atoms with Gasteiger partial charge < -0.3 is 15.1 Å². The van der Waals surface area contributed by atoms with E-state index in [2.05, 4.69) is 19.8 Å². The van der Waals surface area contributed by atoms with Crippen molar-refractivity contribution < 1.29 is 26.4 Å². The topological polar surface area (TPSA) is 81.7 Å². The minimum Gasteiger partial charge on any atom is -0.367 e. The Morgan fingerprint density at radius 1 is 0.921 bits per heavy atom. The van der Waals surface area contributed by atoms with E-state index < -0.39 is 27.7 Å². The molecule has 0 unspecified atom stereocenters. The van der Waals surface area contributed by atoms with Gasteiger partial charge in [-0.3, -0.25) is 9.52 Å². The van der Waals surface area contributed by atoms with Crippen LogP contribution < -0.4 is 14.9 Å². The van der Waals surface area contributed by atoms with Crippen LogP contribution >= 0.6 is 0 Å². The van der Waals surface area contributed by atoms with Crippen molar-refractivity contribution in [1.82, 2.24) is 10.2 Å². The number of piperazine rings is 1. The van der Waals surface area contributed by atoms with Crippen molar-refractivity contribution in [2.75, 3.05) is 42.8 Å². The molecule has 4 rings (SSSR count). The van der Waals surface area contributed by atoms with E-state index >= 15 is 0 Å². The number of carbonyl (C=O) groups excluding carboxylic acids is 1. The summed E-state index contributed by atoms with van der Waals surface area (Å²) >= 11 is 0. The summed E-state index contributed by atoms with van der Waals surface area (Å²) in [6.07, 6.45) is -4.43. The first-order valence-corrected chi connectivity index (χ1v) is 13.5. The third kappa shape index (κ3) is 6.65. The van der Waals surface area contributed by atoms with Crippen LogP contribution in [-0.2, 0) is 22.7 Å². The van der Waals surface area contributed by atoms with Crippen molar-refractivity contribution >= 4 is 27.3 Å². The number of alkyl halides is 3. The van der Waals surface area contributed by atoms with Crippen molar-refractivity contribution in [3.05, 3.63) is 89.0 Å². The lowest BCUT2D eigenvalue weighted by atomic mass is 10.1. The van der Waals surface area contributed by atoms with E-state index in [0.29, 0.717) is 24.3 Å². The third-order valence-corrected chi connectivity index (χ3v) is 7.79. The molecule has 0 aliphatic carbocycles. The van der Waals surface area contributed by atoms with Crippen LogP contribution in [0.4, 0.5) is 24.5 Å². The molecule has 1 saturated heterocycles. The molecule has 11 heteroatoms. The molecule has 3 aromatic rings. The first-order valence-electron chi connectivity index (χ1n) is 12.0. The van der Waals surface area contributed by atoms with Crippen LogP contribution in [0.15, 0.2) is 71.6 Å². The van der Waals surface area contributed by atoms with Gasteiger partial charge in [-0.2, -0.15) is 13.2 Å². The van der Waals surface area contributed by atoms with E-state index in [4.69, 9.17) is 0 Å². The zero-order valence-corrected chi connectivity index (χ0v) is 21.9. The molecule has 7 nitrogen and oxygen atoms in total. The number of carbonyl (C=O) groups is 1. The van der Waals surface area contributed by atoms with E-state index in [1.807, 2.05) is 14.0 Å². The second kappa shape index (κ2) is 11.0. The first-order chi connectivity index (χ1) is 17.9. The number of aryl methyl sites for hydroxylation is 1. The number of hydrogen-bond donors (Lipinski definition) is 2. The molecule has 1 aliphatic rings. The lowest BCUT2D eigenvalue weighted by Gasteiger charge is -2.35. The molecule has 1 amide bonds. The molecule has 0 atom stereocenters. The molecule has 2 N–H and O–H groups in total. The Kier molecular flexibility index (Phi) is 7.98. The lowest BCUT2D eigenvalue weighted by molar-refractivity contribution is -0.137. The molecule has 0 radical (unpaired) electrons. The summed E-state index contributed by atoms with van der Waals surface area (Å²) in [5.74, 6) is -0.481. The summed E-state index contributed by atoms with van der Waals surface area (Å²) in [6, 6.07) is 15.8. The number of hydrogen-bond acceptors (Lipinski definition) is 5. The molecule has 0 aromatic heterocycles. The second-order valence-corrected chi connectivity index (χ2v) is 11.0. The van der Waals surface area contributed by atoms with E-state index in [9.17, 15) is 26.4 Å². The maximum absolute atomic E-state index is 13.2. The van der Waals surface area contributed by atoms with Crippen molar-refractivity contribution in [3.8, 4) is 0 Å². The molecule has 0 saturated carbocycles. The average Bonchev–Trinajstić information content (AvgIpc) is 2.87.